The number of carboxylic acid groups (broad SMARTS) is 1. The Hall–Kier alpha value is -8.09. The quantitative estimate of drug-likeness (QED) is 0.0423. The van der Waals surface area contributed by atoms with Gasteiger partial charge in [-0.05, 0) is 138 Å². The van der Waals surface area contributed by atoms with Crippen molar-refractivity contribution in [3.63, 3.8) is 0 Å². The number of amides is 7. The van der Waals surface area contributed by atoms with Crippen molar-refractivity contribution in [2.45, 2.75) is 196 Å². The summed E-state index contributed by atoms with van der Waals surface area (Å²) < 4.78 is 59.9. The maximum absolute atomic E-state index is 16.0. The molecule has 7 amide bonds. The number of rotatable bonds is 18. The lowest BCUT2D eigenvalue weighted by Gasteiger charge is -2.47. The molecule has 7 heterocycles. The molecule has 36 nitrogen and oxygen atoms in total. The Balaban J connectivity index is 0.00000102. The van der Waals surface area contributed by atoms with Crippen molar-refractivity contribution < 1.29 is 131 Å². The van der Waals surface area contributed by atoms with E-state index in [9.17, 15) is 79.6 Å². The third kappa shape index (κ3) is 23.0. The van der Waals surface area contributed by atoms with E-state index >= 15 is 14.4 Å². The first-order valence-corrected chi connectivity index (χ1v) is 41.4. The minimum atomic E-state index is -2.80. The summed E-state index contributed by atoms with van der Waals surface area (Å²) in [6.45, 7) is 14.5. The topological polar surface area (TPSA) is 566 Å². The van der Waals surface area contributed by atoms with Crippen molar-refractivity contribution in [2.75, 3.05) is 31.0 Å². The SMILES string of the molecule is BrCCBr.CC(C)OP(C)(=O)OC(C)C.CN[C@H](CC(C)C)C(=O)N[C@H]1C(=O)N[C@@H](CC(N)=O)C(=O)N[C@H]2C(=O)N[C@H]3C(=O)N[C@H](C(=O)N[C@@H](C(=O)O)c4cc(O)cc(O)c4-c4cc3ccc4O)[C@H](O)c3ccc(c(Cl)c3)Oc3cc2cc(c3O[C@@H]2O[C@H](CO)[C@@H](O)[C@H](O)[C@H]2O[C@H]2C[C@](C)(N)C(O)[C@H](C)O2)Oc2ccc(cc2Cl)[C@H]1O. The molecular formula is C75H96Br2Cl2N9O27P. The Morgan fingerprint density at radius 2 is 1.26 bits per heavy atom. The summed E-state index contributed by atoms with van der Waals surface area (Å²) >= 11 is 20.5. The summed E-state index contributed by atoms with van der Waals surface area (Å²) in [6, 6.07) is -0.679. The van der Waals surface area contributed by atoms with Gasteiger partial charge in [-0.2, -0.15) is 0 Å². The molecule has 0 radical (unpaired) electrons. The highest BCUT2D eigenvalue weighted by Crippen LogP contribution is 2.51. The molecular weight excluding hydrogens is 1720 g/mol. The summed E-state index contributed by atoms with van der Waals surface area (Å²) in [6.07, 6.45) is -18.7. The molecule has 116 heavy (non-hydrogen) atoms. The van der Waals surface area contributed by atoms with Crippen molar-refractivity contribution in [1.29, 1.82) is 0 Å². The molecule has 12 rings (SSSR count). The number of ether oxygens (including phenoxy) is 6. The smallest absolute Gasteiger partial charge is 0.330 e. The van der Waals surface area contributed by atoms with Crippen LogP contribution in [0.4, 0.5) is 0 Å². The summed E-state index contributed by atoms with van der Waals surface area (Å²) in [5.41, 5.74) is 8.00. The largest absolute Gasteiger partial charge is 0.508 e. The summed E-state index contributed by atoms with van der Waals surface area (Å²) in [7, 11) is -1.33. The highest BCUT2D eigenvalue weighted by atomic mass is 79.9. The molecule has 5 aromatic carbocycles. The lowest BCUT2D eigenvalue weighted by molar-refractivity contribution is -0.333. The van der Waals surface area contributed by atoms with Gasteiger partial charge in [-0.3, -0.25) is 38.1 Å². The Bertz CT molecular complexity index is 4460. The van der Waals surface area contributed by atoms with Gasteiger partial charge in [-0.1, -0.05) is 87.1 Å². The maximum Gasteiger partial charge on any atom is 0.330 e. The molecule has 21 N–H and O–H groups in total. The number of benzene rings is 5. The van der Waals surface area contributed by atoms with Crippen LogP contribution in [0.25, 0.3) is 11.1 Å². The third-order valence-corrected chi connectivity index (χ3v) is 22.7. The van der Waals surface area contributed by atoms with Gasteiger partial charge >= 0.3 is 13.6 Å². The maximum atomic E-state index is 16.0. The minimum absolute atomic E-state index is 0.0513. The van der Waals surface area contributed by atoms with Crippen LogP contribution in [0.1, 0.15) is 133 Å². The van der Waals surface area contributed by atoms with Crippen molar-refractivity contribution in [1.82, 2.24) is 37.2 Å². The number of phenols is 3. The fourth-order valence-corrected chi connectivity index (χ4v) is 15.3. The Labute approximate surface area is 693 Å². The number of aromatic hydroxyl groups is 3. The van der Waals surface area contributed by atoms with Crippen LogP contribution in [0.3, 0.4) is 0 Å². The van der Waals surface area contributed by atoms with Crippen molar-refractivity contribution in [3.8, 4) is 57.1 Å². The predicted octanol–water partition coefficient (Wildman–Crippen LogP) is 4.54. The third-order valence-electron chi connectivity index (χ3n) is 18.6. The number of aliphatic hydroxyl groups is 6. The average molecular weight is 1820 g/mol. The van der Waals surface area contributed by atoms with E-state index in [1.807, 2.05) is 41.5 Å². The predicted molar refractivity (Wildman–Crippen MR) is 423 cm³/mol. The minimum Gasteiger partial charge on any atom is -0.508 e. The molecule has 5 aromatic rings. The average Bonchev–Trinajstić information content (AvgIpc) is 0.766. The van der Waals surface area contributed by atoms with Crippen LogP contribution in [0.15, 0.2) is 78.9 Å². The standard InChI is InChI=1S/C66H75Cl2N9O24.C7H17O3P.C2H4Br2/c1-23(2)12-34(71-5)58(88)76-49-51(83)26-7-10-38(32(67)14-26)97-40-16-28-17-41(55(40)101-65-56(54(86)53(85)42(22-78)99-65)100-44-21-66(4,70)57(87)24(3)96-44)98-39-11-8-27(15-33(39)68)52(84)50-63(93)75-48(64(94)95)31-18-29(79)19-37(81)45(31)30-13-25(6-9-36(30)80)46(60(90)77-50)74-61(91)47(28)73-59(89)35(20-43(69)82)72-62(49)92;1-6(2)9-11(5,8)10-7(3)4;3-1-2-4/h6-11,13-19,23-24,34-35,42,44,46-54,56-57,65,71,78-81,83-87H,12,20-22,70H2,1-5H3,(H2,69,82)(H,72,92)(H,73,89)(H,74,91)(H,75,93)(H,76,88)(H,77,90)(H,94,95);6-7H,1-5H3;1-2H2/t24-,34+,35-,42+,44-,46+,47+,48+,49+,50-,51+,52+,53+,54-,56+,57?,65-,66-;;/m0../s1. The van der Waals surface area contributed by atoms with Gasteiger partial charge in [0.15, 0.2) is 29.9 Å². The number of carbonyl (C=O) groups is 8. The fourth-order valence-electron chi connectivity index (χ4n) is 13.3. The molecule has 0 spiro atoms. The van der Waals surface area contributed by atoms with E-state index in [2.05, 4.69) is 69.1 Å². The van der Waals surface area contributed by atoms with Gasteiger partial charge in [-0.25, -0.2) is 4.79 Å². The van der Waals surface area contributed by atoms with Crippen molar-refractivity contribution >= 4 is 110 Å². The van der Waals surface area contributed by atoms with Gasteiger partial charge in [-0.15, -0.1) is 0 Å². The number of aliphatic carboxylic acids is 1. The Kier molecular flexibility index (Phi) is 32.3. The number of carbonyl (C=O) groups excluding carboxylic acids is 7. The number of carboxylic acids is 1. The van der Waals surface area contributed by atoms with Crippen LogP contribution in [0.5, 0.6) is 46.0 Å². The molecule has 11 bridgehead atoms. The number of nitrogens with one attached hydrogen (secondary N) is 7. The van der Waals surface area contributed by atoms with Crippen molar-refractivity contribution in [2.24, 2.45) is 17.4 Å². The summed E-state index contributed by atoms with van der Waals surface area (Å²) in [5, 5.41) is 133. The van der Waals surface area contributed by atoms with Crippen LogP contribution < -0.4 is 62.9 Å². The monoisotopic (exact) mass is 1810 g/mol. The molecule has 636 valence electrons. The first-order valence-electron chi connectivity index (χ1n) is 36.4. The molecule has 0 aromatic heterocycles. The zero-order chi connectivity index (χ0) is 86.0. The Morgan fingerprint density at radius 3 is 1.78 bits per heavy atom. The number of primary amides is 1. The van der Waals surface area contributed by atoms with E-state index in [0.717, 1.165) is 77.4 Å². The molecule has 1 unspecified atom stereocenters. The zero-order valence-corrected chi connectivity index (χ0v) is 69.9. The van der Waals surface area contributed by atoms with Gasteiger partial charge < -0.3 is 137 Å². The molecule has 7 aliphatic heterocycles. The van der Waals surface area contributed by atoms with Crippen LogP contribution in [0.2, 0.25) is 10.0 Å². The molecule has 0 saturated carbocycles. The van der Waals surface area contributed by atoms with Gasteiger partial charge in [0.2, 0.25) is 53.4 Å². The molecule has 18 atom stereocenters. The van der Waals surface area contributed by atoms with E-state index < -0.39 is 245 Å². The first-order chi connectivity index (χ1) is 54.4. The van der Waals surface area contributed by atoms with Crippen LogP contribution in [-0.4, -0.2) is 220 Å². The number of aliphatic hydroxyl groups excluding tert-OH is 6. The highest BCUT2D eigenvalue weighted by Gasteiger charge is 2.52. The fraction of sp³-hybridized carbons (Fsp3) is 0.493. The lowest BCUT2D eigenvalue weighted by atomic mass is 9.86. The van der Waals surface area contributed by atoms with E-state index in [0.29, 0.717) is 0 Å². The number of nitrogens with two attached hydrogens (primary N) is 2. The van der Waals surface area contributed by atoms with E-state index in [1.165, 1.54) is 39.7 Å². The number of phenolic OH excluding ortho intramolecular Hbond substituents is 3. The van der Waals surface area contributed by atoms with Gasteiger partial charge in [0.1, 0.15) is 89.5 Å². The van der Waals surface area contributed by atoms with E-state index in [1.54, 1.807) is 0 Å². The van der Waals surface area contributed by atoms with Crippen molar-refractivity contribution in [3.05, 3.63) is 117 Å². The van der Waals surface area contributed by atoms with Crippen LogP contribution >= 0.6 is 62.7 Å². The molecule has 2 saturated heterocycles. The summed E-state index contributed by atoms with van der Waals surface area (Å²) in [5.74, 6) is -16.0. The molecule has 7 aliphatic rings. The zero-order valence-electron chi connectivity index (χ0n) is 64.3. The second kappa shape index (κ2) is 40.1. The van der Waals surface area contributed by atoms with E-state index in [4.69, 9.17) is 72.1 Å². The van der Waals surface area contributed by atoms with Crippen LogP contribution in [-0.2, 0) is 66.2 Å². The second-order valence-electron chi connectivity index (χ2n) is 29.2. The molecule has 0 aliphatic carbocycles. The van der Waals surface area contributed by atoms with Crippen LogP contribution in [0, 0.1) is 5.92 Å². The lowest BCUT2D eigenvalue weighted by Crippen LogP contribution is -2.64. The normalized spacial score (nSPS) is 27.1. The number of likely N-dealkylation sites (N-methyl/N-ethyl adjacent to an activating group) is 1. The second-order valence-corrected chi connectivity index (χ2v) is 33.5. The van der Waals surface area contributed by atoms with Gasteiger partial charge in [0.25, 0.3) is 0 Å². The number of hydrogen-bond acceptors (Lipinski definition) is 28. The van der Waals surface area contributed by atoms with Gasteiger partial charge in [0, 0.05) is 52.0 Å². The number of halogens is 4. The molecule has 41 heteroatoms. The van der Waals surface area contributed by atoms with E-state index in [-0.39, 0.29) is 58.4 Å². The summed E-state index contributed by atoms with van der Waals surface area (Å²) in [4.78, 5) is 117. The molecule has 2 fully saturated rings. The number of fused-ring (bicyclic) bond motifs is 15. The number of alkyl halides is 2. The highest BCUT2D eigenvalue weighted by molar-refractivity contribution is 9.11. The number of hydrogen-bond donors (Lipinski definition) is 19. The first kappa shape index (κ1) is 93.4. The van der Waals surface area contributed by atoms with Gasteiger partial charge in [0.05, 0.1) is 53.5 Å². The Morgan fingerprint density at radius 1 is 0.698 bits per heavy atom.